The lowest BCUT2D eigenvalue weighted by Gasteiger charge is -2.31. The van der Waals surface area contributed by atoms with Crippen molar-refractivity contribution in [2.24, 2.45) is 0 Å². The molecule has 2 aliphatic rings. The number of nitrogens with zero attached hydrogens (tertiary/aromatic N) is 2. The average Bonchev–Trinajstić information content (AvgIpc) is 3.07. The topological polar surface area (TPSA) is 52.7 Å². The summed E-state index contributed by atoms with van der Waals surface area (Å²) in [4.78, 5) is 2.58. The van der Waals surface area contributed by atoms with E-state index in [9.17, 15) is 8.42 Å². The molecule has 1 N–H and O–H groups in total. The summed E-state index contributed by atoms with van der Waals surface area (Å²) in [6, 6.07) is 12.6. The molecule has 1 fully saturated rings. The standard InChI is InChI=1S/C18H20ClN3O2S.ClH/c19-15-4-2-5-16(11-15)25(23,24)22-12-14-3-1-6-18(17(14)13-22)21-9-7-20-8-10-21;/h1-6,11,20H,7-10,12-13H2;1H. The Kier molecular flexibility index (Phi) is 5.79. The molecule has 0 spiro atoms. The molecule has 0 unspecified atom stereocenters. The molecule has 8 heteroatoms. The Morgan fingerprint density at radius 3 is 2.46 bits per heavy atom. The number of anilines is 1. The average molecular weight is 414 g/mol. The maximum absolute atomic E-state index is 13.0. The van der Waals surface area contributed by atoms with E-state index in [2.05, 4.69) is 16.3 Å². The molecule has 5 nitrogen and oxygen atoms in total. The number of hydrogen-bond acceptors (Lipinski definition) is 4. The van der Waals surface area contributed by atoms with Gasteiger partial charge in [-0.25, -0.2) is 8.42 Å². The van der Waals surface area contributed by atoms with E-state index in [-0.39, 0.29) is 17.3 Å². The molecule has 4 rings (SSSR count). The van der Waals surface area contributed by atoms with Gasteiger partial charge in [0, 0.05) is 50.0 Å². The van der Waals surface area contributed by atoms with Crippen molar-refractivity contribution in [1.29, 1.82) is 0 Å². The molecule has 0 amide bonds. The Hall–Kier alpha value is -1.31. The lowest BCUT2D eigenvalue weighted by Crippen LogP contribution is -2.43. The monoisotopic (exact) mass is 413 g/mol. The number of sulfonamides is 1. The summed E-state index contributed by atoms with van der Waals surface area (Å²) in [6.45, 7) is 4.60. The number of benzene rings is 2. The van der Waals surface area contributed by atoms with E-state index in [4.69, 9.17) is 11.6 Å². The van der Waals surface area contributed by atoms with Crippen molar-refractivity contribution in [3.05, 3.63) is 58.6 Å². The van der Waals surface area contributed by atoms with Crippen LogP contribution in [0.25, 0.3) is 0 Å². The highest BCUT2D eigenvalue weighted by molar-refractivity contribution is 7.89. The number of piperazine rings is 1. The summed E-state index contributed by atoms with van der Waals surface area (Å²) in [5.74, 6) is 0. The van der Waals surface area contributed by atoms with Crippen LogP contribution in [0, 0.1) is 0 Å². The lowest BCUT2D eigenvalue weighted by molar-refractivity contribution is 0.431. The van der Waals surface area contributed by atoms with Crippen LogP contribution in [0.5, 0.6) is 0 Å². The molecule has 0 aliphatic carbocycles. The number of nitrogens with one attached hydrogen (secondary N) is 1. The summed E-state index contributed by atoms with van der Waals surface area (Å²) in [7, 11) is -3.56. The van der Waals surface area contributed by atoms with Crippen LogP contribution in [0.2, 0.25) is 5.02 Å². The number of halogens is 2. The number of hydrogen-bond donors (Lipinski definition) is 1. The molecule has 0 aromatic heterocycles. The molecule has 1 saturated heterocycles. The molecular formula is C18H21Cl2N3O2S. The van der Waals surface area contributed by atoms with E-state index in [1.54, 1.807) is 18.2 Å². The summed E-state index contributed by atoms with van der Waals surface area (Å²) in [5, 5.41) is 3.78. The summed E-state index contributed by atoms with van der Waals surface area (Å²) < 4.78 is 27.5. The van der Waals surface area contributed by atoms with E-state index in [0.29, 0.717) is 18.1 Å². The minimum atomic E-state index is -3.56. The molecule has 0 saturated carbocycles. The van der Waals surface area contributed by atoms with Gasteiger partial charge < -0.3 is 10.2 Å². The highest BCUT2D eigenvalue weighted by Gasteiger charge is 2.33. The van der Waals surface area contributed by atoms with Gasteiger partial charge in [0.15, 0.2) is 0 Å². The first-order chi connectivity index (χ1) is 12.1. The molecular weight excluding hydrogens is 393 g/mol. The van der Waals surface area contributed by atoms with Crippen LogP contribution in [-0.2, 0) is 23.1 Å². The smallest absolute Gasteiger partial charge is 0.243 e. The summed E-state index contributed by atoms with van der Waals surface area (Å²) in [6.07, 6.45) is 0. The van der Waals surface area contributed by atoms with E-state index < -0.39 is 10.0 Å². The van der Waals surface area contributed by atoms with Gasteiger partial charge in [-0.05, 0) is 35.4 Å². The minimum Gasteiger partial charge on any atom is -0.369 e. The Morgan fingerprint density at radius 2 is 1.73 bits per heavy atom. The molecule has 2 aromatic rings. The molecule has 0 atom stereocenters. The molecule has 26 heavy (non-hydrogen) atoms. The van der Waals surface area contributed by atoms with Crippen molar-refractivity contribution >= 4 is 39.7 Å². The maximum Gasteiger partial charge on any atom is 0.243 e. The molecule has 140 valence electrons. The van der Waals surface area contributed by atoms with Crippen LogP contribution in [0.3, 0.4) is 0 Å². The number of fused-ring (bicyclic) bond motifs is 1. The van der Waals surface area contributed by atoms with Gasteiger partial charge >= 0.3 is 0 Å². The zero-order valence-corrected chi connectivity index (χ0v) is 16.6. The van der Waals surface area contributed by atoms with Crippen molar-refractivity contribution in [3.8, 4) is 0 Å². The van der Waals surface area contributed by atoms with Crippen LogP contribution in [0.4, 0.5) is 5.69 Å². The highest BCUT2D eigenvalue weighted by Crippen LogP contribution is 2.35. The maximum atomic E-state index is 13.0. The van der Waals surface area contributed by atoms with Gasteiger partial charge in [0.25, 0.3) is 0 Å². The molecule has 2 aliphatic heterocycles. The van der Waals surface area contributed by atoms with Crippen LogP contribution in [-0.4, -0.2) is 38.9 Å². The lowest BCUT2D eigenvalue weighted by atomic mass is 10.1. The predicted octanol–water partition coefficient (Wildman–Crippen LogP) is 2.88. The van der Waals surface area contributed by atoms with Gasteiger partial charge in [-0.3, -0.25) is 0 Å². The van der Waals surface area contributed by atoms with Gasteiger partial charge in [0.2, 0.25) is 10.0 Å². The second-order valence-electron chi connectivity index (χ2n) is 6.38. The van der Waals surface area contributed by atoms with Crippen molar-refractivity contribution in [2.45, 2.75) is 18.0 Å². The predicted molar refractivity (Wildman–Crippen MR) is 107 cm³/mol. The first kappa shape index (κ1) is 19.5. The Morgan fingerprint density at radius 1 is 1.00 bits per heavy atom. The largest absolute Gasteiger partial charge is 0.369 e. The van der Waals surface area contributed by atoms with E-state index in [1.165, 1.54) is 10.4 Å². The highest BCUT2D eigenvalue weighted by atomic mass is 35.5. The van der Waals surface area contributed by atoms with Crippen LogP contribution >= 0.6 is 24.0 Å². The summed E-state index contributed by atoms with van der Waals surface area (Å²) in [5.41, 5.74) is 3.36. The normalized spacial score (nSPS) is 17.7. The van der Waals surface area contributed by atoms with Gasteiger partial charge in [0.05, 0.1) is 4.90 Å². The van der Waals surface area contributed by atoms with Crippen molar-refractivity contribution < 1.29 is 8.42 Å². The SMILES string of the molecule is Cl.O=S(=O)(c1cccc(Cl)c1)N1Cc2cccc(N3CCNCC3)c2C1. The van der Waals surface area contributed by atoms with Gasteiger partial charge in [-0.1, -0.05) is 29.8 Å². The third kappa shape index (κ3) is 3.57. The molecule has 2 heterocycles. The van der Waals surface area contributed by atoms with Gasteiger partial charge in [0.1, 0.15) is 0 Å². The fourth-order valence-electron chi connectivity index (χ4n) is 3.52. The quantitative estimate of drug-likeness (QED) is 0.840. The van der Waals surface area contributed by atoms with Crippen molar-refractivity contribution in [3.63, 3.8) is 0 Å². The third-order valence-corrected chi connectivity index (χ3v) is 6.84. The molecule has 0 bridgehead atoms. The Labute approximate surface area is 165 Å². The van der Waals surface area contributed by atoms with Crippen LogP contribution in [0.1, 0.15) is 11.1 Å². The Balaban J connectivity index is 0.00000196. The zero-order valence-electron chi connectivity index (χ0n) is 14.2. The molecule has 2 aromatic carbocycles. The first-order valence-electron chi connectivity index (χ1n) is 8.38. The molecule has 0 radical (unpaired) electrons. The first-order valence-corrected chi connectivity index (χ1v) is 10.2. The minimum absolute atomic E-state index is 0. The van der Waals surface area contributed by atoms with Gasteiger partial charge in [-0.2, -0.15) is 4.31 Å². The third-order valence-electron chi connectivity index (χ3n) is 4.82. The van der Waals surface area contributed by atoms with Gasteiger partial charge in [-0.15, -0.1) is 12.4 Å². The van der Waals surface area contributed by atoms with E-state index in [1.807, 2.05) is 12.1 Å². The second kappa shape index (κ2) is 7.74. The van der Waals surface area contributed by atoms with Crippen LogP contribution < -0.4 is 10.2 Å². The van der Waals surface area contributed by atoms with E-state index in [0.717, 1.165) is 43.0 Å². The van der Waals surface area contributed by atoms with Crippen molar-refractivity contribution in [1.82, 2.24) is 9.62 Å². The summed E-state index contributed by atoms with van der Waals surface area (Å²) >= 11 is 5.98. The Bertz CT molecular complexity index is 899. The number of rotatable bonds is 3. The fraction of sp³-hybridized carbons (Fsp3) is 0.333. The van der Waals surface area contributed by atoms with Crippen molar-refractivity contribution in [2.75, 3.05) is 31.1 Å². The van der Waals surface area contributed by atoms with E-state index >= 15 is 0 Å². The fourth-order valence-corrected chi connectivity index (χ4v) is 5.21. The van der Waals surface area contributed by atoms with Crippen LogP contribution in [0.15, 0.2) is 47.4 Å². The second-order valence-corrected chi connectivity index (χ2v) is 8.76. The zero-order chi connectivity index (χ0) is 17.4.